The standard InChI is InChI=1S/C22H25N3O3/c1-16-6-2-5-9-21(16)28-15-18(26)14-24-12-10-17(11-13-24)25-20-8-4-3-7-19(20)23-22(25)27/h2-10,18,26H,11-15H2,1H3,(H,23,27). The van der Waals surface area contributed by atoms with E-state index in [1.54, 1.807) is 4.57 Å². The second-order valence-electron chi connectivity index (χ2n) is 7.22. The molecule has 0 radical (unpaired) electrons. The first-order chi connectivity index (χ1) is 13.6. The van der Waals surface area contributed by atoms with E-state index in [1.807, 2.05) is 55.5 Å². The number of rotatable bonds is 6. The number of aliphatic hydroxyl groups excluding tert-OH is 1. The summed E-state index contributed by atoms with van der Waals surface area (Å²) in [6.45, 7) is 4.28. The molecule has 1 aromatic heterocycles. The number of hydrogen-bond acceptors (Lipinski definition) is 4. The minimum absolute atomic E-state index is 0.104. The Labute approximate surface area is 163 Å². The maximum Gasteiger partial charge on any atom is 0.330 e. The number of aryl methyl sites for hydroxylation is 1. The molecule has 0 saturated carbocycles. The molecular formula is C22H25N3O3. The Morgan fingerprint density at radius 2 is 1.96 bits per heavy atom. The number of aromatic nitrogens is 2. The number of β-amino-alcohol motifs (C(OH)–C–C–N with tert-alkyl or cyclic N) is 1. The third kappa shape index (κ3) is 3.88. The van der Waals surface area contributed by atoms with Gasteiger partial charge in [0.2, 0.25) is 0 Å². The number of hydrogen-bond donors (Lipinski definition) is 2. The molecule has 28 heavy (non-hydrogen) atoms. The number of H-pyrrole nitrogens is 1. The molecule has 0 amide bonds. The number of aliphatic hydroxyl groups is 1. The summed E-state index contributed by atoms with van der Waals surface area (Å²) in [4.78, 5) is 17.4. The summed E-state index contributed by atoms with van der Waals surface area (Å²) in [7, 11) is 0. The van der Waals surface area contributed by atoms with Crippen molar-refractivity contribution in [3.63, 3.8) is 0 Å². The molecule has 0 spiro atoms. The minimum Gasteiger partial charge on any atom is -0.491 e. The summed E-state index contributed by atoms with van der Waals surface area (Å²) >= 11 is 0. The van der Waals surface area contributed by atoms with Gasteiger partial charge < -0.3 is 14.8 Å². The summed E-state index contributed by atoms with van der Waals surface area (Å²) < 4.78 is 7.50. The van der Waals surface area contributed by atoms with Crippen molar-refractivity contribution in [1.82, 2.24) is 14.5 Å². The van der Waals surface area contributed by atoms with E-state index >= 15 is 0 Å². The van der Waals surface area contributed by atoms with E-state index in [0.29, 0.717) is 13.1 Å². The van der Waals surface area contributed by atoms with Gasteiger partial charge in [-0.05, 0) is 30.7 Å². The van der Waals surface area contributed by atoms with Gasteiger partial charge in [-0.1, -0.05) is 36.4 Å². The molecule has 2 heterocycles. The lowest BCUT2D eigenvalue weighted by Crippen LogP contribution is -2.38. The molecule has 146 valence electrons. The van der Waals surface area contributed by atoms with E-state index in [9.17, 15) is 9.90 Å². The zero-order chi connectivity index (χ0) is 19.5. The third-order valence-corrected chi connectivity index (χ3v) is 5.14. The highest BCUT2D eigenvalue weighted by atomic mass is 16.5. The molecule has 1 aliphatic rings. The summed E-state index contributed by atoms with van der Waals surface area (Å²) in [5.74, 6) is 0.807. The van der Waals surface area contributed by atoms with Crippen LogP contribution in [0.5, 0.6) is 5.75 Å². The number of imidazole rings is 1. The van der Waals surface area contributed by atoms with E-state index in [1.165, 1.54) is 0 Å². The minimum atomic E-state index is -0.564. The predicted octanol–water partition coefficient (Wildman–Crippen LogP) is 2.62. The number of para-hydroxylation sites is 3. The molecule has 4 rings (SSSR count). The number of nitrogens with zero attached hydrogens (tertiary/aromatic N) is 2. The summed E-state index contributed by atoms with van der Waals surface area (Å²) in [6.07, 6.45) is 2.26. The van der Waals surface area contributed by atoms with E-state index < -0.39 is 6.10 Å². The first-order valence-corrected chi connectivity index (χ1v) is 9.60. The van der Waals surface area contributed by atoms with Crippen LogP contribution in [0.25, 0.3) is 16.7 Å². The second kappa shape index (κ2) is 8.04. The zero-order valence-electron chi connectivity index (χ0n) is 16.0. The summed E-state index contributed by atoms with van der Waals surface area (Å²) in [6, 6.07) is 15.5. The van der Waals surface area contributed by atoms with Gasteiger partial charge in [-0.15, -0.1) is 0 Å². The van der Waals surface area contributed by atoms with Crippen LogP contribution in [0.2, 0.25) is 0 Å². The molecule has 0 saturated heterocycles. The molecule has 2 N–H and O–H groups in total. The molecule has 2 aromatic carbocycles. The highest BCUT2D eigenvalue weighted by Gasteiger charge is 2.19. The van der Waals surface area contributed by atoms with Crippen molar-refractivity contribution in [3.05, 3.63) is 70.7 Å². The van der Waals surface area contributed by atoms with Crippen LogP contribution in [0.15, 0.2) is 59.4 Å². The van der Waals surface area contributed by atoms with Crippen molar-refractivity contribution >= 4 is 16.7 Å². The highest BCUT2D eigenvalue weighted by molar-refractivity contribution is 5.79. The van der Waals surface area contributed by atoms with Crippen molar-refractivity contribution in [1.29, 1.82) is 0 Å². The van der Waals surface area contributed by atoms with Crippen LogP contribution in [0.4, 0.5) is 0 Å². The van der Waals surface area contributed by atoms with Crippen molar-refractivity contribution in [2.75, 3.05) is 26.2 Å². The molecular weight excluding hydrogens is 354 g/mol. The Morgan fingerprint density at radius 3 is 2.75 bits per heavy atom. The first kappa shape index (κ1) is 18.5. The molecule has 1 unspecified atom stereocenters. The van der Waals surface area contributed by atoms with Gasteiger partial charge in [0.1, 0.15) is 18.5 Å². The topological polar surface area (TPSA) is 70.5 Å². The van der Waals surface area contributed by atoms with Gasteiger partial charge in [0.25, 0.3) is 0 Å². The number of benzene rings is 2. The van der Waals surface area contributed by atoms with E-state index in [4.69, 9.17) is 4.74 Å². The fourth-order valence-corrected chi connectivity index (χ4v) is 3.66. The van der Waals surface area contributed by atoms with Gasteiger partial charge in [-0.3, -0.25) is 9.47 Å². The van der Waals surface area contributed by atoms with Gasteiger partial charge in [0.05, 0.1) is 11.0 Å². The van der Waals surface area contributed by atoms with Crippen LogP contribution in [0.3, 0.4) is 0 Å². The van der Waals surface area contributed by atoms with Gasteiger partial charge >= 0.3 is 5.69 Å². The molecule has 1 atom stereocenters. The third-order valence-electron chi connectivity index (χ3n) is 5.14. The lowest BCUT2D eigenvalue weighted by molar-refractivity contribution is 0.0712. The van der Waals surface area contributed by atoms with Gasteiger partial charge in [-0.25, -0.2) is 4.79 Å². The Kier molecular flexibility index (Phi) is 5.32. The van der Waals surface area contributed by atoms with E-state index in [2.05, 4.69) is 16.0 Å². The number of aromatic amines is 1. The van der Waals surface area contributed by atoms with Crippen LogP contribution in [0, 0.1) is 6.92 Å². The molecule has 0 aliphatic carbocycles. The lowest BCUT2D eigenvalue weighted by atomic mass is 10.1. The van der Waals surface area contributed by atoms with Gasteiger partial charge in [0.15, 0.2) is 0 Å². The van der Waals surface area contributed by atoms with Crippen molar-refractivity contribution < 1.29 is 9.84 Å². The fraction of sp³-hybridized carbons (Fsp3) is 0.318. The fourth-order valence-electron chi connectivity index (χ4n) is 3.66. The first-order valence-electron chi connectivity index (χ1n) is 9.60. The number of ether oxygens (including phenoxy) is 1. The molecule has 3 aromatic rings. The van der Waals surface area contributed by atoms with Crippen LogP contribution in [0.1, 0.15) is 12.0 Å². The SMILES string of the molecule is Cc1ccccc1OCC(O)CN1CC=C(n2c(=O)[nH]c3ccccc32)CC1. The highest BCUT2D eigenvalue weighted by Crippen LogP contribution is 2.20. The normalized spacial score (nSPS) is 16.1. The Balaban J connectivity index is 1.37. The molecule has 1 aliphatic heterocycles. The Morgan fingerprint density at radius 1 is 1.18 bits per heavy atom. The number of nitrogens with one attached hydrogen (secondary N) is 1. The van der Waals surface area contributed by atoms with Gasteiger partial charge in [0, 0.05) is 31.8 Å². The Bertz CT molecular complexity index is 1050. The van der Waals surface area contributed by atoms with Crippen LogP contribution in [-0.4, -0.2) is 51.9 Å². The van der Waals surface area contributed by atoms with E-state index in [0.717, 1.165) is 41.0 Å². The molecule has 6 nitrogen and oxygen atoms in total. The van der Waals surface area contributed by atoms with Crippen LogP contribution < -0.4 is 10.4 Å². The Hall–Kier alpha value is -2.83. The van der Waals surface area contributed by atoms with E-state index in [-0.39, 0.29) is 12.3 Å². The lowest BCUT2D eigenvalue weighted by Gasteiger charge is -2.28. The quantitative estimate of drug-likeness (QED) is 0.691. The van der Waals surface area contributed by atoms with Crippen molar-refractivity contribution in [2.45, 2.75) is 19.4 Å². The smallest absolute Gasteiger partial charge is 0.330 e. The summed E-state index contributed by atoms with van der Waals surface area (Å²) in [5.41, 5.74) is 3.71. The number of fused-ring (bicyclic) bond motifs is 1. The maximum atomic E-state index is 12.3. The molecule has 0 fully saturated rings. The maximum absolute atomic E-state index is 12.3. The predicted molar refractivity (Wildman–Crippen MR) is 111 cm³/mol. The van der Waals surface area contributed by atoms with Crippen LogP contribution in [-0.2, 0) is 0 Å². The zero-order valence-corrected chi connectivity index (χ0v) is 16.0. The second-order valence-corrected chi connectivity index (χ2v) is 7.22. The molecule has 6 heteroatoms. The average Bonchev–Trinajstić information content (AvgIpc) is 3.04. The monoisotopic (exact) mass is 379 g/mol. The summed E-state index contributed by atoms with van der Waals surface area (Å²) in [5, 5.41) is 10.3. The molecule has 0 bridgehead atoms. The van der Waals surface area contributed by atoms with Crippen LogP contribution >= 0.6 is 0 Å². The van der Waals surface area contributed by atoms with Crippen molar-refractivity contribution in [2.24, 2.45) is 0 Å². The van der Waals surface area contributed by atoms with Gasteiger partial charge in [-0.2, -0.15) is 0 Å². The van der Waals surface area contributed by atoms with Crippen molar-refractivity contribution in [3.8, 4) is 5.75 Å². The largest absolute Gasteiger partial charge is 0.491 e. The average molecular weight is 379 g/mol.